The van der Waals surface area contributed by atoms with E-state index in [2.05, 4.69) is 9.98 Å². The van der Waals surface area contributed by atoms with Crippen LogP contribution in [0.2, 0.25) is 0 Å². The summed E-state index contributed by atoms with van der Waals surface area (Å²) in [6, 6.07) is 21.1. The average molecular weight is 807 g/mol. The van der Waals surface area contributed by atoms with Gasteiger partial charge in [0, 0.05) is 24.7 Å². The molecule has 0 atom stereocenters. The highest BCUT2D eigenvalue weighted by Gasteiger charge is 2.59. The molecule has 2 fully saturated rings. The summed E-state index contributed by atoms with van der Waals surface area (Å²) in [5, 5.41) is 1.04. The smallest absolute Gasteiger partial charge is 0.367 e. The van der Waals surface area contributed by atoms with Crippen LogP contribution in [0, 0.1) is 0 Å². The molecule has 2 amide bonds. The average Bonchev–Trinajstić information content (AvgIpc) is 3.89. The molecule has 0 saturated carbocycles. The SMILES string of the molecule is CCN1C(=O)/C(=N/c2cc3c(s2)-c2sc(/N=C4\SC(=S)N(CC)C4=O)cc2C(C(=O)OCc2ccccc2)(C(=O)OCc2ccccc2)O3)SC1=S. The zero-order valence-corrected chi connectivity index (χ0v) is 32.3. The maximum Gasteiger partial charge on any atom is 0.367 e. The van der Waals surface area contributed by atoms with Gasteiger partial charge in [-0.3, -0.25) is 19.4 Å². The summed E-state index contributed by atoms with van der Waals surface area (Å²) in [5.41, 5.74) is -0.908. The van der Waals surface area contributed by atoms with Gasteiger partial charge in [-0.1, -0.05) is 85.1 Å². The molecule has 52 heavy (non-hydrogen) atoms. The second-order valence-corrected chi connectivity index (χ2v) is 16.5. The van der Waals surface area contributed by atoms with Crippen molar-refractivity contribution >= 4 is 123 Å². The lowest BCUT2D eigenvalue weighted by Gasteiger charge is -2.33. The molecule has 0 bridgehead atoms. The number of fused-ring (bicyclic) bond motifs is 3. The molecule has 3 aliphatic rings. The normalized spacial score (nSPS) is 17.8. The van der Waals surface area contributed by atoms with Gasteiger partial charge in [-0.15, -0.1) is 22.7 Å². The van der Waals surface area contributed by atoms with Gasteiger partial charge in [0.1, 0.15) is 37.6 Å². The first kappa shape index (κ1) is 36.1. The summed E-state index contributed by atoms with van der Waals surface area (Å²) in [6.07, 6.45) is 0. The maximum absolute atomic E-state index is 14.4. The quantitative estimate of drug-likeness (QED) is 0.0906. The van der Waals surface area contributed by atoms with Crippen LogP contribution in [0.4, 0.5) is 10.0 Å². The van der Waals surface area contributed by atoms with Crippen molar-refractivity contribution in [2.75, 3.05) is 13.1 Å². The lowest BCUT2D eigenvalue weighted by molar-refractivity contribution is -0.183. The van der Waals surface area contributed by atoms with Crippen LogP contribution >= 0.6 is 70.6 Å². The predicted octanol–water partition coefficient (Wildman–Crippen LogP) is 7.37. The number of esters is 2. The summed E-state index contributed by atoms with van der Waals surface area (Å²) < 4.78 is 18.9. The Balaban J connectivity index is 1.35. The molecule has 0 spiro atoms. The van der Waals surface area contributed by atoms with Gasteiger partial charge >= 0.3 is 17.5 Å². The number of nitrogens with zero attached hydrogens (tertiary/aromatic N) is 4. The highest BCUT2D eigenvalue weighted by Crippen LogP contribution is 2.57. The zero-order chi connectivity index (χ0) is 36.6. The van der Waals surface area contributed by atoms with Crippen LogP contribution in [0.15, 0.2) is 82.8 Å². The van der Waals surface area contributed by atoms with Gasteiger partial charge in [-0.25, -0.2) is 19.6 Å². The molecule has 0 radical (unpaired) electrons. The Kier molecular flexibility index (Phi) is 10.4. The predicted molar refractivity (Wildman–Crippen MR) is 212 cm³/mol. The summed E-state index contributed by atoms with van der Waals surface area (Å²) >= 11 is 15.3. The van der Waals surface area contributed by atoms with Crippen LogP contribution < -0.4 is 4.74 Å². The first-order valence-corrected chi connectivity index (χ1v) is 19.9. The number of amides is 2. The molecule has 2 aromatic carbocycles. The van der Waals surface area contributed by atoms with Gasteiger partial charge in [0.2, 0.25) is 0 Å². The first-order valence-electron chi connectivity index (χ1n) is 15.8. The summed E-state index contributed by atoms with van der Waals surface area (Å²) in [7, 11) is 0. The minimum absolute atomic E-state index is 0.136. The largest absolute Gasteiger partial charge is 0.458 e. The number of hydrogen-bond acceptors (Lipinski definition) is 15. The van der Waals surface area contributed by atoms with E-state index in [1.54, 1.807) is 54.6 Å². The Hall–Kier alpha value is -4.26. The third kappa shape index (κ3) is 6.72. The van der Waals surface area contributed by atoms with E-state index in [0.29, 0.717) is 52.6 Å². The lowest BCUT2D eigenvalue weighted by Crippen LogP contribution is -2.51. The highest BCUT2D eigenvalue weighted by molar-refractivity contribution is 8.35. The van der Waals surface area contributed by atoms with Gasteiger partial charge < -0.3 is 14.2 Å². The maximum atomic E-state index is 14.4. The number of thiophene rings is 2. The van der Waals surface area contributed by atoms with E-state index in [9.17, 15) is 19.2 Å². The van der Waals surface area contributed by atoms with E-state index < -0.39 is 17.5 Å². The van der Waals surface area contributed by atoms with Gasteiger partial charge in [-0.2, -0.15) is 0 Å². The second kappa shape index (κ2) is 15.0. The number of thioether (sulfide) groups is 2. The molecule has 5 heterocycles. The highest BCUT2D eigenvalue weighted by atomic mass is 32.2. The number of carbonyl (C=O) groups excluding carboxylic acids is 4. The molecular formula is C35H26N4O7S6. The van der Waals surface area contributed by atoms with Crippen LogP contribution in [0.5, 0.6) is 5.75 Å². The van der Waals surface area contributed by atoms with Crippen molar-refractivity contribution in [2.45, 2.75) is 32.7 Å². The lowest BCUT2D eigenvalue weighted by atomic mass is 9.91. The van der Waals surface area contributed by atoms with E-state index in [4.69, 9.17) is 38.6 Å². The summed E-state index contributed by atoms with van der Waals surface area (Å²) in [6.45, 7) is 4.12. The van der Waals surface area contributed by atoms with Crippen molar-refractivity contribution in [2.24, 2.45) is 9.98 Å². The van der Waals surface area contributed by atoms with E-state index in [-0.39, 0.29) is 46.4 Å². The minimum Gasteiger partial charge on any atom is -0.458 e. The molecular weight excluding hydrogens is 781 g/mol. The third-order valence-electron chi connectivity index (χ3n) is 7.97. The molecule has 7 rings (SSSR count). The van der Waals surface area contributed by atoms with Crippen LogP contribution in [-0.4, -0.2) is 65.4 Å². The zero-order valence-electron chi connectivity index (χ0n) is 27.4. The number of thiocarbonyl (C=S) groups is 2. The van der Waals surface area contributed by atoms with Crippen molar-refractivity contribution in [3.8, 4) is 15.5 Å². The van der Waals surface area contributed by atoms with Crippen LogP contribution in [0.3, 0.4) is 0 Å². The van der Waals surface area contributed by atoms with Crippen molar-refractivity contribution in [1.82, 2.24) is 9.80 Å². The molecule has 17 heteroatoms. The fourth-order valence-corrected chi connectivity index (χ4v) is 10.3. The fourth-order valence-electron chi connectivity index (χ4n) is 5.42. The number of carbonyl (C=O) groups is 4. The Bertz CT molecular complexity index is 2140. The van der Waals surface area contributed by atoms with Gasteiger partial charge in [0.05, 0.1) is 9.75 Å². The van der Waals surface area contributed by atoms with Gasteiger partial charge in [0.25, 0.3) is 11.8 Å². The molecule has 3 aliphatic heterocycles. The van der Waals surface area contributed by atoms with E-state index in [1.807, 2.05) is 26.0 Å². The molecule has 2 aromatic heterocycles. The van der Waals surface area contributed by atoms with E-state index in [1.165, 1.54) is 27.2 Å². The number of rotatable bonds is 10. The molecule has 264 valence electrons. The summed E-state index contributed by atoms with van der Waals surface area (Å²) in [4.78, 5) is 68.1. The van der Waals surface area contributed by atoms with Crippen molar-refractivity contribution in [1.29, 1.82) is 0 Å². The molecule has 4 aromatic rings. The number of aliphatic imine (C=N–C) groups is 2. The van der Waals surface area contributed by atoms with Gasteiger partial charge in [0.15, 0.2) is 10.1 Å². The van der Waals surface area contributed by atoms with Crippen molar-refractivity contribution < 1.29 is 33.4 Å². The molecule has 0 aliphatic carbocycles. The molecule has 0 N–H and O–H groups in total. The van der Waals surface area contributed by atoms with E-state index in [0.717, 1.165) is 34.9 Å². The Labute approximate surface area is 325 Å². The number of ether oxygens (including phenoxy) is 3. The second-order valence-electron chi connectivity index (χ2n) is 11.2. The van der Waals surface area contributed by atoms with Crippen molar-refractivity contribution in [3.63, 3.8) is 0 Å². The number of hydrogen-bond donors (Lipinski definition) is 0. The van der Waals surface area contributed by atoms with Crippen molar-refractivity contribution in [3.05, 3.63) is 89.5 Å². The van der Waals surface area contributed by atoms with Crippen LogP contribution in [0.25, 0.3) is 9.75 Å². The minimum atomic E-state index is -2.43. The fraction of sp³-hybridized carbons (Fsp3) is 0.200. The van der Waals surface area contributed by atoms with E-state index >= 15 is 0 Å². The third-order valence-corrected chi connectivity index (χ3v) is 12.8. The monoisotopic (exact) mass is 806 g/mol. The molecule has 0 unspecified atom stereocenters. The first-order chi connectivity index (χ1) is 25.1. The molecule has 2 saturated heterocycles. The summed E-state index contributed by atoms with van der Waals surface area (Å²) in [5.74, 6) is -2.52. The number of benzene rings is 2. The van der Waals surface area contributed by atoms with Crippen LogP contribution in [-0.2, 0) is 47.5 Å². The Morgan fingerprint density at radius 3 is 1.65 bits per heavy atom. The topological polar surface area (TPSA) is 127 Å². The molecule has 11 nitrogen and oxygen atoms in total. The standard InChI is InChI=1S/C35H26N4O7S6/c1-3-38-29(40)27(51-33(38)47)36-23-15-21-25(49-23)26-22(16-24(50-26)37-28-30(41)39(4-2)34(48)52-28)46-35(21,31(42)44-17-19-11-7-5-8-12-19)32(43)45-18-20-13-9-6-10-14-20/h5-16H,3-4,17-18H2,1-2H3/b36-27-,37-28-. The van der Waals surface area contributed by atoms with Crippen LogP contribution in [0.1, 0.15) is 30.5 Å². The Morgan fingerprint density at radius 1 is 0.731 bits per heavy atom. The van der Waals surface area contributed by atoms with Gasteiger partial charge in [-0.05, 0) is 54.6 Å². The Morgan fingerprint density at radius 2 is 1.19 bits per heavy atom.